The quantitative estimate of drug-likeness (QED) is 0.440. The van der Waals surface area contributed by atoms with Crippen LogP contribution in [0.2, 0.25) is 0 Å². The molecule has 2 heteroatoms. The fourth-order valence-electron chi connectivity index (χ4n) is 0.471. The van der Waals surface area contributed by atoms with E-state index in [1.54, 1.807) is 25.2 Å². The van der Waals surface area contributed by atoms with Crippen molar-refractivity contribution in [2.24, 2.45) is 0 Å². The van der Waals surface area contributed by atoms with Crippen molar-refractivity contribution < 1.29 is 0 Å². The van der Waals surface area contributed by atoms with Crippen molar-refractivity contribution in [3.05, 3.63) is 36.0 Å². The molecule has 2 nitrogen and oxygen atoms in total. The first-order valence-corrected chi connectivity index (χ1v) is 3.06. The van der Waals surface area contributed by atoms with Gasteiger partial charge in [0.05, 0.1) is 11.6 Å². The number of hydrogen-bond acceptors (Lipinski definition) is 2. The molecule has 0 spiro atoms. The summed E-state index contributed by atoms with van der Waals surface area (Å²) in [4.78, 5) is 0. The number of allylic oxidation sites excluding steroid dienone is 5. The molecule has 0 aromatic rings. The highest BCUT2D eigenvalue weighted by Crippen LogP contribution is 2.02. The molecule has 0 saturated heterocycles. The Morgan fingerprint density at radius 2 is 2.00 bits per heavy atom. The van der Waals surface area contributed by atoms with Gasteiger partial charge in [0.2, 0.25) is 0 Å². The molecule has 0 atom stereocenters. The molecule has 0 aliphatic heterocycles. The van der Waals surface area contributed by atoms with E-state index in [1.807, 2.05) is 12.1 Å². The number of nitriles is 2. The lowest BCUT2D eigenvalue weighted by molar-refractivity contribution is 1.39. The second kappa shape index (κ2) is 5.02. The van der Waals surface area contributed by atoms with Gasteiger partial charge in [-0.2, -0.15) is 10.5 Å². The average Bonchev–Trinajstić information content (AvgIpc) is 2.05. The standard InChI is InChI=1S/C9H8N2/c1-3-4-5-9(7-11)8(2)6-10/h3-5H,1H2,2H3/b5-4-,9-8-. The highest BCUT2D eigenvalue weighted by atomic mass is 14.3. The van der Waals surface area contributed by atoms with Gasteiger partial charge in [0.15, 0.2) is 0 Å². The van der Waals surface area contributed by atoms with Crippen LogP contribution in [0.4, 0.5) is 0 Å². The van der Waals surface area contributed by atoms with Crippen LogP contribution in [0.15, 0.2) is 36.0 Å². The summed E-state index contributed by atoms with van der Waals surface area (Å²) in [5.74, 6) is 0. The van der Waals surface area contributed by atoms with E-state index >= 15 is 0 Å². The number of hydrogen-bond donors (Lipinski definition) is 0. The second-order valence-electron chi connectivity index (χ2n) is 1.86. The Morgan fingerprint density at radius 3 is 2.36 bits per heavy atom. The van der Waals surface area contributed by atoms with Gasteiger partial charge in [0.1, 0.15) is 6.07 Å². The molecule has 0 N–H and O–H groups in total. The van der Waals surface area contributed by atoms with Gasteiger partial charge in [-0.3, -0.25) is 0 Å². The van der Waals surface area contributed by atoms with Crippen molar-refractivity contribution >= 4 is 0 Å². The van der Waals surface area contributed by atoms with Gasteiger partial charge in [-0.1, -0.05) is 18.7 Å². The second-order valence-corrected chi connectivity index (χ2v) is 1.86. The maximum Gasteiger partial charge on any atom is 0.100 e. The van der Waals surface area contributed by atoms with Gasteiger partial charge in [-0.25, -0.2) is 0 Å². The Hall–Kier alpha value is -1.80. The van der Waals surface area contributed by atoms with Crippen molar-refractivity contribution in [3.63, 3.8) is 0 Å². The molecular weight excluding hydrogens is 136 g/mol. The highest BCUT2D eigenvalue weighted by Gasteiger charge is 1.93. The molecule has 0 aromatic heterocycles. The summed E-state index contributed by atoms with van der Waals surface area (Å²) in [6.07, 6.45) is 4.74. The molecule has 0 aromatic carbocycles. The number of nitrogens with zero attached hydrogens (tertiary/aromatic N) is 2. The number of rotatable bonds is 2. The lowest BCUT2D eigenvalue weighted by atomic mass is 10.1. The Balaban J connectivity index is 4.74. The van der Waals surface area contributed by atoms with Crippen LogP contribution in [-0.4, -0.2) is 0 Å². The zero-order valence-corrected chi connectivity index (χ0v) is 6.33. The summed E-state index contributed by atoms with van der Waals surface area (Å²) in [5, 5.41) is 16.9. The van der Waals surface area contributed by atoms with Crippen LogP contribution < -0.4 is 0 Å². The van der Waals surface area contributed by atoms with Gasteiger partial charge in [0.25, 0.3) is 0 Å². The molecule has 0 unspecified atom stereocenters. The minimum Gasteiger partial charge on any atom is -0.193 e. The monoisotopic (exact) mass is 144 g/mol. The molecule has 0 aliphatic carbocycles. The van der Waals surface area contributed by atoms with Crippen LogP contribution in [0.5, 0.6) is 0 Å². The first-order chi connectivity index (χ1) is 5.26. The van der Waals surface area contributed by atoms with E-state index < -0.39 is 0 Å². The molecular formula is C9H8N2. The molecule has 0 fully saturated rings. The molecule has 0 radical (unpaired) electrons. The zero-order chi connectivity index (χ0) is 8.69. The summed E-state index contributed by atoms with van der Waals surface area (Å²) < 4.78 is 0. The van der Waals surface area contributed by atoms with Crippen LogP contribution >= 0.6 is 0 Å². The predicted molar refractivity (Wildman–Crippen MR) is 43.3 cm³/mol. The first-order valence-electron chi connectivity index (χ1n) is 3.06. The van der Waals surface area contributed by atoms with Crippen molar-refractivity contribution in [2.45, 2.75) is 6.92 Å². The Labute approximate surface area is 66.4 Å². The van der Waals surface area contributed by atoms with E-state index in [-0.39, 0.29) is 0 Å². The van der Waals surface area contributed by atoms with E-state index in [1.165, 1.54) is 0 Å². The molecule has 11 heavy (non-hydrogen) atoms. The van der Waals surface area contributed by atoms with Crippen molar-refractivity contribution in [2.75, 3.05) is 0 Å². The van der Waals surface area contributed by atoms with Crippen LogP contribution in [0.25, 0.3) is 0 Å². The van der Waals surface area contributed by atoms with E-state index in [2.05, 4.69) is 6.58 Å². The SMILES string of the molecule is C=C/C=C\C(C#N)=C(/C)C#N. The lowest BCUT2D eigenvalue weighted by Crippen LogP contribution is -1.77. The van der Waals surface area contributed by atoms with Gasteiger partial charge < -0.3 is 0 Å². The van der Waals surface area contributed by atoms with Gasteiger partial charge in [-0.15, -0.1) is 0 Å². The summed E-state index contributed by atoms with van der Waals surface area (Å²) >= 11 is 0. The minimum atomic E-state index is 0.382. The summed E-state index contributed by atoms with van der Waals surface area (Å²) in [5.41, 5.74) is 0.804. The maximum absolute atomic E-state index is 8.51. The molecule has 54 valence electrons. The highest BCUT2D eigenvalue weighted by molar-refractivity contribution is 5.43. The topological polar surface area (TPSA) is 47.6 Å². The fraction of sp³-hybridized carbons (Fsp3) is 0.111. The van der Waals surface area contributed by atoms with Crippen LogP contribution in [0.1, 0.15) is 6.92 Å². The summed E-state index contributed by atoms with van der Waals surface area (Å²) in [6.45, 7) is 5.05. The van der Waals surface area contributed by atoms with Crippen LogP contribution in [0.3, 0.4) is 0 Å². The largest absolute Gasteiger partial charge is 0.193 e. The van der Waals surface area contributed by atoms with E-state index in [0.29, 0.717) is 11.1 Å². The van der Waals surface area contributed by atoms with Crippen LogP contribution in [-0.2, 0) is 0 Å². The third-order valence-electron chi connectivity index (χ3n) is 1.09. The third kappa shape index (κ3) is 3.03. The normalized spacial score (nSPS) is 11.5. The smallest absolute Gasteiger partial charge is 0.100 e. The Kier molecular flexibility index (Phi) is 4.20. The molecule has 0 bridgehead atoms. The van der Waals surface area contributed by atoms with Gasteiger partial charge >= 0.3 is 0 Å². The van der Waals surface area contributed by atoms with E-state index in [9.17, 15) is 0 Å². The maximum atomic E-state index is 8.51. The molecule has 0 heterocycles. The van der Waals surface area contributed by atoms with Crippen molar-refractivity contribution in [1.29, 1.82) is 10.5 Å². The van der Waals surface area contributed by atoms with E-state index in [4.69, 9.17) is 10.5 Å². The van der Waals surface area contributed by atoms with Gasteiger partial charge in [-0.05, 0) is 13.0 Å². The molecule has 0 aliphatic rings. The van der Waals surface area contributed by atoms with Crippen molar-refractivity contribution in [3.8, 4) is 12.1 Å². The Morgan fingerprint density at radius 1 is 1.36 bits per heavy atom. The third-order valence-corrected chi connectivity index (χ3v) is 1.09. The minimum absolute atomic E-state index is 0.382. The van der Waals surface area contributed by atoms with Crippen LogP contribution in [0, 0.1) is 22.7 Å². The molecule has 0 amide bonds. The average molecular weight is 144 g/mol. The lowest BCUT2D eigenvalue weighted by Gasteiger charge is -1.86. The zero-order valence-electron chi connectivity index (χ0n) is 6.33. The fourth-order valence-corrected chi connectivity index (χ4v) is 0.471. The summed E-state index contributed by atoms with van der Waals surface area (Å²) in [6, 6.07) is 3.81. The van der Waals surface area contributed by atoms with E-state index in [0.717, 1.165) is 0 Å². The Bertz CT molecular complexity index is 282. The first kappa shape index (κ1) is 9.20. The molecule has 0 saturated carbocycles. The predicted octanol–water partition coefficient (Wildman–Crippen LogP) is 2.09. The summed E-state index contributed by atoms with van der Waals surface area (Å²) in [7, 11) is 0. The van der Waals surface area contributed by atoms with Crippen molar-refractivity contribution in [1.82, 2.24) is 0 Å². The van der Waals surface area contributed by atoms with Gasteiger partial charge in [0, 0.05) is 5.57 Å². The molecule has 0 rings (SSSR count).